The van der Waals surface area contributed by atoms with Crippen LogP contribution in [0.1, 0.15) is 5.69 Å². The van der Waals surface area contributed by atoms with Crippen LogP contribution in [0.4, 0.5) is 17.5 Å². The Kier molecular flexibility index (Phi) is 3.21. The van der Waals surface area contributed by atoms with Crippen molar-refractivity contribution < 1.29 is 0 Å². The molecule has 0 fully saturated rings. The minimum absolute atomic E-state index is 0.619. The van der Waals surface area contributed by atoms with E-state index in [4.69, 9.17) is 0 Å². The van der Waals surface area contributed by atoms with Gasteiger partial charge in [-0.25, -0.2) is 4.98 Å². The SMILES string of the molecule is CNc1nc(C)cc(Nc2ccc3ccccc3c2)n1. The highest BCUT2D eigenvalue weighted by Crippen LogP contribution is 2.22. The molecule has 2 N–H and O–H groups in total. The Morgan fingerprint density at radius 3 is 2.50 bits per heavy atom. The molecule has 1 aromatic heterocycles. The number of rotatable bonds is 3. The van der Waals surface area contributed by atoms with Crippen LogP contribution in [0.25, 0.3) is 10.8 Å². The third kappa shape index (κ3) is 2.54. The molecular formula is C16H16N4. The van der Waals surface area contributed by atoms with Gasteiger partial charge in [-0.1, -0.05) is 30.3 Å². The van der Waals surface area contributed by atoms with E-state index in [1.54, 1.807) is 0 Å². The Labute approximate surface area is 117 Å². The summed E-state index contributed by atoms with van der Waals surface area (Å²) in [5.74, 6) is 1.41. The molecule has 4 nitrogen and oxygen atoms in total. The molecule has 0 radical (unpaired) electrons. The lowest BCUT2D eigenvalue weighted by molar-refractivity contribution is 1.10. The maximum atomic E-state index is 4.39. The second kappa shape index (κ2) is 5.17. The normalized spacial score (nSPS) is 10.5. The summed E-state index contributed by atoms with van der Waals surface area (Å²) in [6.45, 7) is 1.95. The zero-order valence-electron chi connectivity index (χ0n) is 11.5. The van der Waals surface area contributed by atoms with Crippen molar-refractivity contribution in [1.82, 2.24) is 9.97 Å². The second-order valence-electron chi connectivity index (χ2n) is 4.66. The van der Waals surface area contributed by atoms with Gasteiger partial charge in [0.15, 0.2) is 0 Å². The smallest absolute Gasteiger partial charge is 0.224 e. The number of aromatic nitrogens is 2. The van der Waals surface area contributed by atoms with E-state index in [9.17, 15) is 0 Å². The van der Waals surface area contributed by atoms with Crippen LogP contribution >= 0.6 is 0 Å². The number of hydrogen-bond acceptors (Lipinski definition) is 4. The molecule has 0 amide bonds. The molecule has 0 unspecified atom stereocenters. The van der Waals surface area contributed by atoms with Gasteiger partial charge in [0.25, 0.3) is 0 Å². The molecule has 3 aromatic rings. The van der Waals surface area contributed by atoms with Crippen molar-refractivity contribution in [2.75, 3.05) is 17.7 Å². The van der Waals surface area contributed by atoms with E-state index in [1.807, 2.05) is 32.2 Å². The van der Waals surface area contributed by atoms with E-state index in [-0.39, 0.29) is 0 Å². The summed E-state index contributed by atoms with van der Waals surface area (Å²) in [5.41, 5.74) is 1.94. The Bertz CT molecular complexity index is 752. The zero-order chi connectivity index (χ0) is 13.9. The van der Waals surface area contributed by atoms with Crippen LogP contribution in [0, 0.1) is 6.92 Å². The number of hydrogen-bond donors (Lipinski definition) is 2. The quantitative estimate of drug-likeness (QED) is 0.757. The summed E-state index contributed by atoms with van der Waals surface area (Å²) in [6, 6.07) is 16.5. The lowest BCUT2D eigenvalue weighted by Crippen LogP contribution is -2.01. The highest BCUT2D eigenvalue weighted by Gasteiger charge is 2.02. The topological polar surface area (TPSA) is 49.8 Å². The predicted molar refractivity (Wildman–Crippen MR) is 83.5 cm³/mol. The first kappa shape index (κ1) is 12.4. The van der Waals surface area contributed by atoms with Gasteiger partial charge in [-0.05, 0) is 29.8 Å². The molecule has 0 aliphatic heterocycles. The fraction of sp³-hybridized carbons (Fsp3) is 0.125. The molecule has 0 atom stereocenters. The zero-order valence-corrected chi connectivity index (χ0v) is 11.5. The van der Waals surface area contributed by atoms with Crippen LogP contribution in [0.15, 0.2) is 48.5 Å². The average molecular weight is 264 g/mol. The summed E-state index contributed by atoms with van der Waals surface area (Å²) in [4.78, 5) is 8.68. The monoisotopic (exact) mass is 264 g/mol. The van der Waals surface area contributed by atoms with Gasteiger partial charge >= 0.3 is 0 Å². The molecule has 4 heteroatoms. The van der Waals surface area contributed by atoms with Crippen LogP contribution in [0.3, 0.4) is 0 Å². The van der Waals surface area contributed by atoms with Gasteiger partial charge in [-0.3, -0.25) is 0 Å². The fourth-order valence-electron chi connectivity index (χ4n) is 2.16. The molecule has 0 aliphatic rings. The van der Waals surface area contributed by atoms with Gasteiger partial charge in [-0.15, -0.1) is 0 Å². The second-order valence-corrected chi connectivity index (χ2v) is 4.66. The molecule has 100 valence electrons. The number of fused-ring (bicyclic) bond motifs is 1. The highest BCUT2D eigenvalue weighted by molar-refractivity contribution is 5.86. The van der Waals surface area contributed by atoms with Crippen LogP contribution in [-0.2, 0) is 0 Å². The summed E-state index contributed by atoms with van der Waals surface area (Å²) in [6.07, 6.45) is 0. The van der Waals surface area contributed by atoms with E-state index in [0.29, 0.717) is 5.95 Å². The van der Waals surface area contributed by atoms with Crippen molar-refractivity contribution in [3.05, 3.63) is 54.2 Å². The van der Waals surface area contributed by atoms with Crippen molar-refractivity contribution in [2.24, 2.45) is 0 Å². The summed E-state index contributed by atoms with van der Waals surface area (Å²) < 4.78 is 0. The first-order valence-corrected chi connectivity index (χ1v) is 6.54. The lowest BCUT2D eigenvalue weighted by atomic mass is 10.1. The average Bonchev–Trinajstić information content (AvgIpc) is 2.46. The summed E-state index contributed by atoms with van der Waals surface area (Å²) >= 11 is 0. The maximum Gasteiger partial charge on any atom is 0.224 e. The molecule has 2 aromatic carbocycles. The first-order valence-electron chi connectivity index (χ1n) is 6.54. The third-order valence-electron chi connectivity index (χ3n) is 3.10. The summed E-state index contributed by atoms with van der Waals surface area (Å²) in [7, 11) is 1.81. The van der Waals surface area contributed by atoms with E-state index >= 15 is 0 Å². The minimum atomic E-state index is 0.619. The standard InChI is InChI=1S/C16H16N4/c1-11-9-15(20-16(17-2)18-11)19-14-8-7-12-5-3-4-6-13(12)10-14/h3-10H,1-2H3,(H2,17,18,19,20). The fourth-order valence-corrected chi connectivity index (χ4v) is 2.16. The number of benzene rings is 2. The molecule has 0 saturated heterocycles. The third-order valence-corrected chi connectivity index (χ3v) is 3.10. The van der Waals surface area contributed by atoms with E-state index in [0.717, 1.165) is 17.2 Å². The van der Waals surface area contributed by atoms with Gasteiger partial charge in [0.1, 0.15) is 5.82 Å². The van der Waals surface area contributed by atoms with Crippen LogP contribution in [0.2, 0.25) is 0 Å². The number of nitrogens with zero attached hydrogens (tertiary/aromatic N) is 2. The van der Waals surface area contributed by atoms with Gasteiger partial charge in [0.05, 0.1) is 0 Å². The molecule has 20 heavy (non-hydrogen) atoms. The lowest BCUT2D eigenvalue weighted by Gasteiger charge is -2.09. The van der Waals surface area contributed by atoms with Crippen LogP contribution in [-0.4, -0.2) is 17.0 Å². The molecule has 0 saturated carbocycles. The molecule has 3 rings (SSSR count). The van der Waals surface area contributed by atoms with Crippen molar-refractivity contribution in [3.8, 4) is 0 Å². The van der Waals surface area contributed by atoms with E-state index < -0.39 is 0 Å². The van der Waals surface area contributed by atoms with Gasteiger partial charge in [0.2, 0.25) is 5.95 Å². The summed E-state index contributed by atoms with van der Waals surface area (Å²) in [5, 5.41) is 8.72. The Morgan fingerprint density at radius 1 is 0.900 bits per heavy atom. The van der Waals surface area contributed by atoms with Gasteiger partial charge < -0.3 is 10.6 Å². The predicted octanol–water partition coefficient (Wildman–Crippen LogP) is 3.72. The molecule has 0 aliphatic carbocycles. The Balaban J connectivity index is 1.94. The maximum absolute atomic E-state index is 4.39. The molecule has 0 spiro atoms. The van der Waals surface area contributed by atoms with Crippen molar-refractivity contribution >= 4 is 28.2 Å². The minimum Gasteiger partial charge on any atom is -0.357 e. The van der Waals surface area contributed by atoms with Crippen molar-refractivity contribution in [2.45, 2.75) is 6.92 Å². The molecule has 0 bridgehead atoms. The number of anilines is 3. The molecule has 1 heterocycles. The number of nitrogens with one attached hydrogen (secondary N) is 2. The molecular weight excluding hydrogens is 248 g/mol. The van der Waals surface area contributed by atoms with Gasteiger partial charge in [-0.2, -0.15) is 4.98 Å². The van der Waals surface area contributed by atoms with Crippen molar-refractivity contribution in [3.63, 3.8) is 0 Å². The number of aryl methyl sites for hydroxylation is 1. The largest absolute Gasteiger partial charge is 0.357 e. The van der Waals surface area contributed by atoms with Crippen LogP contribution < -0.4 is 10.6 Å². The van der Waals surface area contributed by atoms with Crippen molar-refractivity contribution in [1.29, 1.82) is 0 Å². The Hall–Kier alpha value is -2.62. The van der Waals surface area contributed by atoms with Crippen LogP contribution in [0.5, 0.6) is 0 Å². The van der Waals surface area contributed by atoms with E-state index in [1.165, 1.54) is 10.8 Å². The van der Waals surface area contributed by atoms with E-state index in [2.05, 4.69) is 50.9 Å². The first-order chi connectivity index (χ1) is 9.74. The highest BCUT2D eigenvalue weighted by atomic mass is 15.1. The van der Waals surface area contributed by atoms with Gasteiger partial charge in [0, 0.05) is 24.5 Å². The Morgan fingerprint density at radius 2 is 1.70 bits per heavy atom.